The van der Waals surface area contributed by atoms with Crippen molar-refractivity contribution in [3.05, 3.63) is 70.3 Å². The molecule has 1 aliphatic heterocycles. The van der Waals surface area contributed by atoms with Crippen molar-refractivity contribution in [3.63, 3.8) is 0 Å². The molecular formula is C22H24O3. The molecule has 1 heterocycles. The van der Waals surface area contributed by atoms with Gasteiger partial charge in [0.1, 0.15) is 5.75 Å². The van der Waals surface area contributed by atoms with Gasteiger partial charge in [0.15, 0.2) is 0 Å². The molecular weight excluding hydrogens is 312 g/mol. The van der Waals surface area contributed by atoms with Crippen molar-refractivity contribution in [2.75, 3.05) is 6.61 Å². The van der Waals surface area contributed by atoms with Crippen LogP contribution in [-0.2, 0) is 5.41 Å². The second-order valence-electron chi connectivity index (χ2n) is 7.23. The minimum atomic E-state index is -0.890. The zero-order valence-corrected chi connectivity index (χ0v) is 15.2. The lowest BCUT2D eigenvalue weighted by molar-refractivity contribution is 0.0696. The SMILES string of the molecule is CC=C(c1ccc(C(=O)O)c(C)c1)c1ccc2c(c1)C(C)(C)CCO2. The van der Waals surface area contributed by atoms with Crippen molar-refractivity contribution >= 4 is 11.5 Å². The van der Waals surface area contributed by atoms with Crippen LogP contribution in [0.1, 0.15) is 59.8 Å². The summed E-state index contributed by atoms with van der Waals surface area (Å²) in [4.78, 5) is 11.2. The van der Waals surface area contributed by atoms with Gasteiger partial charge < -0.3 is 9.84 Å². The summed E-state index contributed by atoms with van der Waals surface area (Å²) in [6, 6.07) is 11.8. The number of aromatic carboxylic acids is 1. The first kappa shape index (κ1) is 17.3. The van der Waals surface area contributed by atoms with Crippen LogP contribution in [0.3, 0.4) is 0 Å². The number of hydrogen-bond donors (Lipinski definition) is 1. The van der Waals surface area contributed by atoms with Gasteiger partial charge >= 0.3 is 5.97 Å². The Bertz CT molecular complexity index is 860. The van der Waals surface area contributed by atoms with Gasteiger partial charge in [0, 0.05) is 5.56 Å². The predicted octanol–water partition coefficient (Wildman–Crippen LogP) is 5.20. The van der Waals surface area contributed by atoms with E-state index in [0.717, 1.165) is 41.0 Å². The predicted molar refractivity (Wildman–Crippen MR) is 100 cm³/mol. The van der Waals surface area contributed by atoms with Crippen molar-refractivity contribution in [2.24, 2.45) is 0 Å². The molecule has 130 valence electrons. The molecule has 0 radical (unpaired) electrons. The van der Waals surface area contributed by atoms with E-state index in [9.17, 15) is 9.90 Å². The number of hydrogen-bond acceptors (Lipinski definition) is 2. The molecule has 0 amide bonds. The highest BCUT2D eigenvalue weighted by Gasteiger charge is 2.29. The molecule has 0 atom stereocenters. The Hall–Kier alpha value is -2.55. The summed E-state index contributed by atoms with van der Waals surface area (Å²) in [5, 5.41) is 9.23. The second kappa shape index (κ2) is 6.40. The average molecular weight is 336 g/mol. The van der Waals surface area contributed by atoms with Crippen molar-refractivity contribution in [2.45, 2.75) is 39.5 Å². The number of carboxylic acid groups (broad SMARTS) is 1. The Morgan fingerprint density at radius 3 is 2.48 bits per heavy atom. The van der Waals surface area contributed by atoms with E-state index in [-0.39, 0.29) is 5.41 Å². The third-order valence-corrected chi connectivity index (χ3v) is 5.06. The fourth-order valence-electron chi connectivity index (χ4n) is 3.47. The molecule has 2 aromatic rings. The first-order chi connectivity index (χ1) is 11.8. The highest BCUT2D eigenvalue weighted by molar-refractivity contribution is 5.90. The monoisotopic (exact) mass is 336 g/mol. The van der Waals surface area contributed by atoms with E-state index >= 15 is 0 Å². The van der Waals surface area contributed by atoms with E-state index in [4.69, 9.17) is 4.74 Å². The van der Waals surface area contributed by atoms with Gasteiger partial charge in [-0.05, 0) is 66.1 Å². The van der Waals surface area contributed by atoms with E-state index < -0.39 is 5.97 Å². The molecule has 3 heteroatoms. The molecule has 25 heavy (non-hydrogen) atoms. The van der Waals surface area contributed by atoms with Gasteiger partial charge in [-0.2, -0.15) is 0 Å². The Balaban J connectivity index is 2.06. The van der Waals surface area contributed by atoms with Crippen LogP contribution in [0.25, 0.3) is 5.57 Å². The Kier molecular flexibility index (Phi) is 4.42. The molecule has 3 rings (SSSR count). The van der Waals surface area contributed by atoms with E-state index in [1.807, 2.05) is 32.0 Å². The molecule has 3 nitrogen and oxygen atoms in total. The normalized spacial score (nSPS) is 16.1. The third kappa shape index (κ3) is 3.19. The molecule has 0 fully saturated rings. The molecule has 0 unspecified atom stereocenters. The zero-order valence-electron chi connectivity index (χ0n) is 15.2. The number of allylic oxidation sites excluding steroid dienone is 1. The van der Waals surface area contributed by atoms with Crippen molar-refractivity contribution in [1.29, 1.82) is 0 Å². The highest BCUT2D eigenvalue weighted by atomic mass is 16.5. The minimum Gasteiger partial charge on any atom is -0.493 e. The van der Waals surface area contributed by atoms with Gasteiger partial charge in [-0.25, -0.2) is 4.79 Å². The Labute approximate surface area is 149 Å². The highest BCUT2D eigenvalue weighted by Crippen LogP contribution is 2.40. The average Bonchev–Trinajstić information content (AvgIpc) is 2.55. The van der Waals surface area contributed by atoms with Crippen molar-refractivity contribution in [3.8, 4) is 5.75 Å². The smallest absolute Gasteiger partial charge is 0.335 e. The molecule has 0 spiro atoms. The fourth-order valence-corrected chi connectivity index (χ4v) is 3.47. The van der Waals surface area contributed by atoms with Crippen LogP contribution in [0.2, 0.25) is 0 Å². The molecule has 1 aliphatic rings. The lowest BCUT2D eigenvalue weighted by Crippen LogP contribution is -2.26. The summed E-state index contributed by atoms with van der Waals surface area (Å²) >= 11 is 0. The maximum Gasteiger partial charge on any atom is 0.335 e. The molecule has 0 bridgehead atoms. The fraction of sp³-hybridized carbons (Fsp3) is 0.318. The summed E-state index contributed by atoms with van der Waals surface area (Å²) in [5.41, 5.74) is 5.69. The lowest BCUT2D eigenvalue weighted by Gasteiger charge is -2.33. The maximum atomic E-state index is 11.2. The largest absolute Gasteiger partial charge is 0.493 e. The molecule has 0 saturated carbocycles. The number of ether oxygens (including phenoxy) is 1. The number of fused-ring (bicyclic) bond motifs is 1. The topological polar surface area (TPSA) is 46.5 Å². The Morgan fingerprint density at radius 1 is 1.16 bits per heavy atom. The van der Waals surface area contributed by atoms with E-state index in [2.05, 4.69) is 32.1 Å². The summed E-state index contributed by atoms with van der Waals surface area (Å²) in [7, 11) is 0. The van der Waals surface area contributed by atoms with Gasteiger partial charge in [0.25, 0.3) is 0 Å². The van der Waals surface area contributed by atoms with Crippen molar-refractivity contribution in [1.82, 2.24) is 0 Å². The molecule has 0 aromatic heterocycles. The van der Waals surface area contributed by atoms with E-state index in [0.29, 0.717) is 5.56 Å². The number of rotatable bonds is 3. The van der Waals surface area contributed by atoms with Gasteiger partial charge in [0.2, 0.25) is 0 Å². The zero-order chi connectivity index (χ0) is 18.2. The molecule has 0 saturated heterocycles. The van der Waals surface area contributed by atoms with Crippen LogP contribution >= 0.6 is 0 Å². The Morgan fingerprint density at radius 2 is 1.84 bits per heavy atom. The van der Waals surface area contributed by atoms with Crippen LogP contribution in [-0.4, -0.2) is 17.7 Å². The van der Waals surface area contributed by atoms with Gasteiger partial charge in [-0.3, -0.25) is 0 Å². The van der Waals surface area contributed by atoms with E-state index in [1.54, 1.807) is 6.07 Å². The summed E-state index contributed by atoms with van der Waals surface area (Å²) in [5.74, 6) is 0.0756. The number of aryl methyl sites for hydroxylation is 1. The maximum absolute atomic E-state index is 11.2. The molecule has 0 aliphatic carbocycles. The number of benzene rings is 2. The summed E-state index contributed by atoms with van der Waals surface area (Å²) in [6.45, 7) is 9.10. The van der Waals surface area contributed by atoms with Gasteiger partial charge in [-0.1, -0.05) is 38.1 Å². The van der Waals surface area contributed by atoms with Crippen LogP contribution in [0, 0.1) is 6.92 Å². The van der Waals surface area contributed by atoms with Gasteiger partial charge in [-0.15, -0.1) is 0 Å². The first-order valence-electron chi connectivity index (χ1n) is 8.62. The number of carbonyl (C=O) groups is 1. The standard InChI is InChI=1S/C22H24O3/c1-5-17(15-6-8-18(21(23)24)14(2)12-15)16-7-9-20-19(13-16)22(3,4)10-11-25-20/h5-9,12-13H,10-11H2,1-4H3,(H,23,24). The van der Waals surface area contributed by atoms with Crippen molar-refractivity contribution < 1.29 is 14.6 Å². The molecule has 1 N–H and O–H groups in total. The van der Waals surface area contributed by atoms with Crippen LogP contribution in [0.5, 0.6) is 5.75 Å². The van der Waals surface area contributed by atoms with Crippen LogP contribution < -0.4 is 4.74 Å². The summed E-state index contributed by atoms with van der Waals surface area (Å²) in [6.07, 6.45) is 3.08. The quantitative estimate of drug-likeness (QED) is 0.837. The minimum absolute atomic E-state index is 0.0888. The number of carboxylic acids is 1. The first-order valence-corrected chi connectivity index (χ1v) is 8.62. The second-order valence-corrected chi connectivity index (χ2v) is 7.23. The van der Waals surface area contributed by atoms with Crippen LogP contribution in [0.15, 0.2) is 42.5 Å². The van der Waals surface area contributed by atoms with Gasteiger partial charge in [0.05, 0.1) is 12.2 Å². The molecule has 2 aromatic carbocycles. The van der Waals surface area contributed by atoms with Crippen LogP contribution in [0.4, 0.5) is 0 Å². The third-order valence-electron chi connectivity index (χ3n) is 5.06. The summed E-state index contributed by atoms with van der Waals surface area (Å²) < 4.78 is 5.81. The lowest BCUT2D eigenvalue weighted by atomic mass is 9.78. The van der Waals surface area contributed by atoms with E-state index in [1.165, 1.54) is 5.56 Å².